The Balaban J connectivity index is 2.94. The van der Waals surface area contributed by atoms with Gasteiger partial charge in [0.2, 0.25) is 0 Å². The van der Waals surface area contributed by atoms with E-state index >= 15 is 0 Å². The van der Waals surface area contributed by atoms with Crippen LogP contribution < -0.4 is 0 Å². The number of aromatic nitrogens is 1. The zero-order valence-electron chi connectivity index (χ0n) is 8.84. The molecule has 0 aliphatic carbocycles. The van der Waals surface area contributed by atoms with Gasteiger partial charge in [-0.05, 0) is 41.6 Å². The van der Waals surface area contributed by atoms with Crippen molar-refractivity contribution in [2.24, 2.45) is 0 Å². The van der Waals surface area contributed by atoms with Crippen molar-refractivity contribution in [2.75, 3.05) is 6.61 Å². The fourth-order valence-electron chi connectivity index (χ4n) is 1.15. The lowest BCUT2D eigenvalue weighted by Crippen LogP contribution is -2.13. The number of carbonyl (C=O) groups is 1. The van der Waals surface area contributed by atoms with Crippen LogP contribution in [-0.2, 0) is 22.1 Å². The first-order chi connectivity index (χ1) is 7.82. The fourth-order valence-corrected chi connectivity index (χ4v) is 1.80. The van der Waals surface area contributed by atoms with Crippen LogP contribution in [0.2, 0.25) is 0 Å². The second kappa shape index (κ2) is 5.65. The monoisotopic (exact) mass is 359 g/mol. The summed E-state index contributed by atoms with van der Waals surface area (Å²) in [4.78, 5) is 14.5. The van der Waals surface area contributed by atoms with Crippen LogP contribution in [0.3, 0.4) is 0 Å². The van der Waals surface area contributed by atoms with Gasteiger partial charge < -0.3 is 4.74 Å². The van der Waals surface area contributed by atoms with Crippen LogP contribution in [0.4, 0.5) is 13.2 Å². The van der Waals surface area contributed by atoms with Crippen molar-refractivity contribution in [1.82, 2.24) is 4.98 Å². The third-order valence-corrected chi connectivity index (χ3v) is 2.39. The first kappa shape index (κ1) is 14.2. The molecule has 94 valence electrons. The molecule has 1 aromatic heterocycles. The molecular formula is C10H9F3INO2. The molecule has 17 heavy (non-hydrogen) atoms. The van der Waals surface area contributed by atoms with Gasteiger partial charge in [-0.3, -0.25) is 4.79 Å². The van der Waals surface area contributed by atoms with Crippen molar-refractivity contribution in [3.8, 4) is 0 Å². The van der Waals surface area contributed by atoms with Crippen LogP contribution in [0.25, 0.3) is 0 Å². The molecule has 0 aliphatic heterocycles. The van der Waals surface area contributed by atoms with Crippen LogP contribution in [0, 0.1) is 3.57 Å². The molecule has 0 aromatic carbocycles. The summed E-state index contributed by atoms with van der Waals surface area (Å²) >= 11 is 1.75. The maximum absolute atomic E-state index is 12.5. The van der Waals surface area contributed by atoms with Gasteiger partial charge in [-0.1, -0.05) is 0 Å². The third-order valence-electron chi connectivity index (χ3n) is 1.76. The van der Waals surface area contributed by atoms with Gasteiger partial charge in [-0.15, -0.1) is 0 Å². The summed E-state index contributed by atoms with van der Waals surface area (Å²) in [5.74, 6) is -0.588. The average Bonchev–Trinajstić information content (AvgIpc) is 2.15. The summed E-state index contributed by atoms with van der Waals surface area (Å²) in [6, 6.07) is 2.35. The van der Waals surface area contributed by atoms with E-state index in [1.807, 2.05) is 0 Å². The minimum Gasteiger partial charge on any atom is -0.466 e. The normalized spacial score (nSPS) is 11.4. The van der Waals surface area contributed by atoms with Crippen LogP contribution in [0.1, 0.15) is 18.3 Å². The highest BCUT2D eigenvalue weighted by Crippen LogP contribution is 2.28. The smallest absolute Gasteiger partial charge is 0.433 e. The summed E-state index contributed by atoms with van der Waals surface area (Å²) in [7, 11) is 0. The number of ether oxygens (including phenoxy) is 1. The van der Waals surface area contributed by atoms with Gasteiger partial charge in [0.1, 0.15) is 5.69 Å². The highest BCUT2D eigenvalue weighted by atomic mass is 127. The van der Waals surface area contributed by atoms with Crippen LogP contribution in [-0.4, -0.2) is 17.6 Å². The molecule has 0 unspecified atom stereocenters. The van der Waals surface area contributed by atoms with E-state index < -0.39 is 17.8 Å². The molecule has 1 rings (SSSR count). The zero-order chi connectivity index (χ0) is 13.1. The zero-order valence-corrected chi connectivity index (χ0v) is 11.0. The number of rotatable bonds is 3. The van der Waals surface area contributed by atoms with Crippen molar-refractivity contribution < 1.29 is 22.7 Å². The molecule has 0 saturated carbocycles. The lowest BCUT2D eigenvalue weighted by atomic mass is 10.2. The van der Waals surface area contributed by atoms with E-state index in [1.165, 1.54) is 6.07 Å². The molecule has 0 saturated heterocycles. The SMILES string of the molecule is CCOC(=O)Cc1cc(I)cc(C(F)(F)F)n1. The second-order valence-electron chi connectivity index (χ2n) is 3.14. The van der Waals surface area contributed by atoms with Gasteiger partial charge in [0, 0.05) is 3.57 Å². The number of hydrogen-bond donors (Lipinski definition) is 0. The quantitative estimate of drug-likeness (QED) is 0.616. The summed E-state index contributed by atoms with van der Waals surface area (Å²) in [6.07, 6.45) is -4.77. The molecule has 1 heterocycles. The van der Waals surface area contributed by atoms with Gasteiger partial charge in [-0.2, -0.15) is 13.2 Å². The maximum atomic E-state index is 12.5. The lowest BCUT2D eigenvalue weighted by Gasteiger charge is -2.08. The topological polar surface area (TPSA) is 39.2 Å². The molecule has 0 spiro atoms. The molecule has 1 aromatic rings. The Morgan fingerprint density at radius 1 is 1.47 bits per heavy atom. The van der Waals surface area contributed by atoms with Crippen molar-refractivity contribution in [2.45, 2.75) is 19.5 Å². The Hall–Kier alpha value is -0.860. The molecule has 7 heteroatoms. The van der Waals surface area contributed by atoms with Gasteiger partial charge in [0.05, 0.1) is 18.7 Å². The Kier molecular flexibility index (Phi) is 4.72. The van der Waals surface area contributed by atoms with E-state index in [0.717, 1.165) is 6.07 Å². The Morgan fingerprint density at radius 2 is 2.12 bits per heavy atom. The minimum absolute atomic E-state index is 0.0580. The lowest BCUT2D eigenvalue weighted by molar-refractivity contribution is -0.144. The molecule has 0 radical (unpaired) electrons. The first-order valence-electron chi connectivity index (χ1n) is 4.72. The van der Waals surface area contributed by atoms with Gasteiger partial charge >= 0.3 is 12.1 Å². The minimum atomic E-state index is -4.51. The number of hydrogen-bond acceptors (Lipinski definition) is 3. The molecule has 3 nitrogen and oxygen atoms in total. The van der Waals surface area contributed by atoms with Crippen molar-refractivity contribution >= 4 is 28.6 Å². The Labute approximate surface area is 110 Å². The van der Waals surface area contributed by atoms with Crippen LogP contribution in [0.15, 0.2) is 12.1 Å². The van der Waals surface area contributed by atoms with Crippen LogP contribution >= 0.6 is 22.6 Å². The van der Waals surface area contributed by atoms with E-state index in [0.29, 0.717) is 3.57 Å². The largest absolute Gasteiger partial charge is 0.466 e. The number of alkyl halides is 3. The summed E-state index contributed by atoms with van der Waals surface area (Å²) in [6.45, 7) is 1.82. The van der Waals surface area contributed by atoms with E-state index in [1.54, 1.807) is 29.5 Å². The Morgan fingerprint density at radius 3 is 2.65 bits per heavy atom. The average molecular weight is 359 g/mol. The first-order valence-corrected chi connectivity index (χ1v) is 5.80. The molecular weight excluding hydrogens is 350 g/mol. The Bertz CT molecular complexity index is 421. The van der Waals surface area contributed by atoms with E-state index in [4.69, 9.17) is 0 Å². The number of carbonyl (C=O) groups excluding carboxylic acids is 1. The number of nitrogens with zero attached hydrogens (tertiary/aromatic N) is 1. The van der Waals surface area contributed by atoms with Crippen molar-refractivity contribution in [1.29, 1.82) is 0 Å². The molecule has 0 N–H and O–H groups in total. The summed E-state index contributed by atoms with van der Waals surface area (Å²) < 4.78 is 42.4. The number of esters is 1. The van der Waals surface area contributed by atoms with Gasteiger partial charge in [0.25, 0.3) is 0 Å². The van der Waals surface area contributed by atoms with Crippen molar-refractivity contribution in [3.05, 3.63) is 27.1 Å². The summed E-state index contributed by atoms with van der Waals surface area (Å²) in [5.41, 5.74) is -0.939. The molecule has 0 amide bonds. The van der Waals surface area contributed by atoms with E-state index in [2.05, 4.69) is 9.72 Å². The number of halogens is 4. The molecule has 0 fully saturated rings. The molecule has 0 bridgehead atoms. The highest BCUT2D eigenvalue weighted by Gasteiger charge is 2.33. The summed E-state index contributed by atoms with van der Waals surface area (Å²) in [5, 5.41) is 0. The molecule has 0 atom stereocenters. The predicted octanol–water partition coefficient (Wildman–Crippen LogP) is 2.81. The standard InChI is InChI=1S/C10H9F3INO2/c1-2-17-9(16)5-7-3-6(14)4-8(15-7)10(11,12)13/h3-4H,2,5H2,1H3. The maximum Gasteiger partial charge on any atom is 0.433 e. The predicted molar refractivity (Wildman–Crippen MR) is 62.3 cm³/mol. The van der Waals surface area contributed by atoms with E-state index in [9.17, 15) is 18.0 Å². The van der Waals surface area contributed by atoms with Gasteiger partial charge in [0.15, 0.2) is 0 Å². The fraction of sp³-hybridized carbons (Fsp3) is 0.400. The van der Waals surface area contributed by atoms with Crippen molar-refractivity contribution in [3.63, 3.8) is 0 Å². The molecule has 0 aliphatic rings. The van der Waals surface area contributed by atoms with E-state index in [-0.39, 0.29) is 18.7 Å². The number of pyridine rings is 1. The third kappa shape index (κ3) is 4.49. The second-order valence-corrected chi connectivity index (χ2v) is 4.39. The van der Waals surface area contributed by atoms with Gasteiger partial charge in [-0.25, -0.2) is 4.98 Å². The van der Waals surface area contributed by atoms with Crippen LogP contribution in [0.5, 0.6) is 0 Å². The highest BCUT2D eigenvalue weighted by molar-refractivity contribution is 14.1.